The van der Waals surface area contributed by atoms with E-state index in [0.717, 1.165) is 32.1 Å². The monoisotopic (exact) mass is 501 g/mol. The van der Waals surface area contributed by atoms with Crippen LogP contribution in [0.1, 0.15) is 18.1 Å². The highest BCUT2D eigenvalue weighted by atomic mass is 79.9. The fourth-order valence-electron chi connectivity index (χ4n) is 3.32. The van der Waals surface area contributed by atoms with Gasteiger partial charge in [0.1, 0.15) is 18.4 Å². The zero-order valence-electron chi connectivity index (χ0n) is 18.2. The Morgan fingerprint density at radius 2 is 1.70 bits per heavy atom. The topological polar surface area (TPSA) is 62.7 Å². The van der Waals surface area contributed by atoms with Gasteiger partial charge in [0.05, 0.1) is 6.21 Å². The molecule has 0 fully saturated rings. The van der Waals surface area contributed by atoms with Crippen LogP contribution < -0.4 is 15.5 Å². The first-order valence-corrected chi connectivity index (χ1v) is 11.4. The van der Waals surface area contributed by atoms with Crippen molar-refractivity contribution in [1.29, 1.82) is 0 Å². The molecule has 1 unspecified atom stereocenters. The molecule has 0 saturated carbocycles. The zero-order valence-corrected chi connectivity index (χ0v) is 19.7. The first-order chi connectivity index (χ1) is 16.1. The molecule has 5 nitrogen and oxygen atoms in total. The molecule has 33 heavy (non-hydrogen) atoms. The molecular weight excluding hydrogens is 478 g/mol. The molecule has 1 atom stereocenters. The number of benzene rings is 4. The van der Waals surface area contributed by atoms with Crippen LogP contribution in [0.2, 0.25) is 0 Å². The van der Waals surface area contributed by atoms with E-state index in [1.54, 1.807) is 13.1 Å². The third-order valence-electron chi connectivity index (χ3n) is 5.13. The minimum atomic E-state index is -0.452. The number of rotatable bonds is 8. The largest absolute Gasteiger partial charge is 0.488 e. The molecule has 0 heterocycles. The SMILES string of the molecule is CC(Nc1ccc2ccccc2c1)C(=O)N/N=C/c1ccccc1OCc1ccc(Br)cc1. The van der Waals surface area contributed by atoms with E-state index in [9.17, 15) is 4.79 Å². The van der Waals surface area contributed by atoms with Crippen molar-refractivity contribution < 1.29 is 9.53 Å². The van der Waals surface area contributed by atoms with Crippen LogP contribution >= 0.6 is 15.9 Å². The second-order valence-corrected chi connectivity index (χ2v) is 8.53. The third kappa shape index (κ3) is 6.20. The summed E-state index contributed by atoms with van der Waals surface area (Å²) in [6, 6.07) is 29.2. The number of hydrogen-bond donors (Lipinski definition) is 2. The molecule has 0 spiro atoms. The highest BCUT2D eigenvalue weighted by Gasteiger charge is 2.12. The molecule has 4 aromatic rings. The van der Waals surface area contributed by atoms with Crippen molar-refractivity contribution in [2.45, 2.75) is 19.6 Å². The summed E-state index contributed by atoms with van der Waals surface area (Å²) in [6.45, 7) is 2.24. The predicted molar refractivity (Wildman–Crippen MR) is 138 cm³/mol. The number of anilines is 1. The third-order valence-corrected chi connectivity index (χ3v) is 5.66. The number of nitrogens with one attached hydrogen (secondary N) is 2. The molecule has 0 aliphatic rings. The second-order valence-electron chi connectivity index (χ2n) is 7.62. The lowest BCUT2D eigenvalue weighted by Crippen LogP contribution is -2.34. The van der Waals surface area contributed by atoms with Gasteiger partial charge in [-0.25, -0.2) is 5.43 Å². The van der Waals surface area contributed by atoms with Gasteiger partial charge in [-0.05, 0) is 59.7 Å². The molecule has 4 aromatic carbocycles. The van der Waals surface area contributed by atoms with E-state index in [2.05, 4.69) is 37.8 Å². The van der Waals surface area contributed by atoms with Gasteiger partial charge in [-0.1, -0.05) is 70.5 Å². The highest BCUT2D eigenvalue weighted by molar-refractivity contribution is 9.10. The summed E-state index contributed by atoms with van der Waals surface area (Å²) in [5.74, 6) is 0.466. The molecule has 166 valence electrons. The molecule has 0 saturated heterocycles. The average Bonchev–Trinajstić information content (AvgIpc) is 2.84. The lowest BCUT2D eigenvalue weighted by Gasteiger charge is -2.14. The fourth-order valence-corrected chi connectivity index (χ4v) is 3.58. The van der Waals surface area contributed by atoms with Gasteiger partial charge < -0.3 is 10.1 Å². The van der Waals surface area contributed by atoms with E-state index in [1.807, 2.05) is 84.9 Å². The van der Waals surface area contributed by atoms with Gasteiger partial charge in [0.15, 0.2) is 0 Å². The van der Waals surface area contributed by atoms with Gasteiger partial charge in [0.25, 0.3) is 5.91 Å². The zero-order chi connectivity index (χ0) is 23.0. The standard InChI is InChI=1S/C27H24BrN3O2/c1-19(30-25-15-12-21-6-2-3-7-22(21)16-25)27(32)31-29-17-23-8-4-5-9-26(23)33-18-20-10-13-24(28)14-11-20/h2-17,19,30H,18H2,1H3,(H,31,32)/b29-17+. The summed E-state index contributed by atoms with van der Waals surface area (Å²) >= 11 is 3.43. The molecule has 4 rings (SSSR count). The summed E-state index contributed by atoms with van der Waals surface area (Å²) in [7, 11) is 0. The molecule has 0 radical (unpaired) electrons. The van der Waals surface area contributed by atoms with Gasteiger partial charge in [-0.2, -0.15) is 5.10 Å². The quantitative estimate of drug-likeness (QED) is 0.225. The van der Waals surface area contributed by atoms with Crippen LogP contribution in [0.4, 0.5) is 5.69 Å². The number of amides is 1. The Morgan fingerprint density at radius 1 is 0.970 bits per heavy atom. The number of carbonyl (C=O) groups is 1. The van der Waals surface area contributed by atoms with Crippen molar-refractivity contribution in [2.24, 2.45) is 5.10 Å². The van der Waals surface area contributed by atoms with E-state index in [0.29, 0.717) is 12.4 Å². The fraction of sp³-hybridized carbons (Fsp3) is 0.111. The van der Waals surface area contributed by atoms with Gasteiger partial charge in [0, 0.05) is 15.7 Å². The van der Waals surface area contributed by atoms with E-state index in [4.69, 9.17) is 4.74 Å². The van der Waals surface area contributed by atoms with Crippen LogP contribution in [0.15, 0.2) is 101 Å². The van der Waals surface area contributed by atoms with Crippen molar-refractivity contribution in [3.05, 3.63) is 107 Å². The molecule has 0 bridgehead atoms. The van der Waals surface area contributed by atoms with E-state index >= 15 is 0 Å². The summed E-state index contributed by atoms with van der Waals surface area (Å²) in [5, 5.41) is 9.63. The first-order valence-electron chi connectivity index (χ1n) is 10.6. The van der Waals surface area contributed by atoms with Crippen LogP contribution in [0.25, 0.3) is 10.8 Å². The number of fused-ring (bicyclic) bond motifs is 1. The Balaban J connectivity index is 1.34. The van der Waals surface area contributed by atoms with Gasteiger partial charge >= 0.3 is 0 Å². The first kappa shape index (κ1) is 22.6. The Morgan fingerprint density at radius 3 is 2.52 bits per heavy atom. The number of hydrazone groups is 1. The van der Waals surface area contributed by atoms with Crippen LogP contribution in [0.3, 0.4) is 0 Å². The maximum Gasteiger partial charge on any atom is 0.262 e. The van der Waals surface area contributed by atoms with Gasteiger partial charge in [0.2, 0.25) is 0 Å². The van der Waals surface area contributed by atoms with Crippen LogP contribution in [0.5, 0.6) is 5.75 Å². The van der Waals surface area contributed by atoms with Crippen molar-refractivity contribution in [3.63, 3.8) is 0 Å². The van der Waals surface area contributed by atoms with Gasteiger partial charge in [-0.15, -0.1) is 0 Å². The Hall–Kier alpha value is -3.64. The lowest BCUT2D eigenvalue weighted by atomic mass is 10.1. The lowest BCUT2D eigenvalue weighted by molar-refractivity contribution is -0.121. The number of para-hydroxylation sites is 1. The normalized spacial score (nSPS) is 11.9. The number of ether oxygens (including phenoxy) is 1. The van der Waals surface area contributed by atoms with Crippen molar-refractivity contribution in [1.82, 2.24) is 5.43 Å². The van der Waals surface area contributed by atoms with Gasteiger partial charge in [-0.3, -0.25) is 4.79 Å². The highest BCUT2D eigenvalue weighted by Crippen LogP contribution is 2.20. The maximum absolute atomic E-state index is 12.5. The summed E-state index contributed by atoms with van der Waals surface area (Å²) in [5.41, 5.74) is 5.33. The van der Waals surface area contributed by atoms with E-state index in [-0.39, 0.29) is 5.91 Å². The van der Waals surface area contributed by atoms with Crippen molar-refractivity contribution in [2.75, 3.05) is 5.32 Å². The predicted octanol–water partition coefficient (Wildman–Crippen LogP) is 6.13. The molecule has 6 heteroatoms. The summed E-state index contributed by atoms with van der Waals surface area (Å²) in [4.78, 5) is 12.5. The number of hydrogen-bond acceptors (Lipinski definition) is 4. The molecule has 0 aliphatic heterocycles. The van der Waals surface area contributed by atoms with E-state index in [1.165, 1.54) is 0 Å². The van der Waals surface area contributed by atoms with Crippen LogP contribution in [-0.4, -0.2) is 18.2 Å². The van der Waals surface area contributed by atoms with Crippen LogP contribution in [-0.2, 0) is 11.4 Å². The smallest absolute Gasteiger partial charge is 0.262 e. The average molecular weight is 502 g/mol. The molecule has 1 amide bonds. The molecule has 2 N–H and O–H groups in total. The number of carbonyl (C=O) groups excluding carboxylic acids is 1. The van der Waals surface area contributed by atoms with Crippen LogP contribution in [0, 0.1) is 0 Å². The Labute approximate surface area is 201 Å². The van der Waals surface area contributed by atoms with E-state index < -0.39 is 6.04 Å². The Kier molecular flexibility index (Phi) is 7.37. The number of nitrogens with zero attached hydrogens (tertiary/aromatic N) is 1. The minimum absolute atomic E-state index is 0.229. The summed E-state index contributed by atoms with van der Waals surface area (Å²) < 4.78 is 6.98. The number of halogens is 1. The molecule has 0 aliphatic carbocycles. The second kappa shape index (κ2) is 10.8. The Bertz CT molecular complexity index is 1270. The summed E-state index contributed by atoms with van der Waals surface area (Å²) in [6.07, 6.45) is 1.59. The molecule has 0 aromatic heterocycles. The molecular formula is C27H24BrN3O2. The minimum Gasteiger partial charge on any atom is -0.488 e. The van der Waals surface area contributed by atoms with Crippen molar-refractivity contribution >= 4 is 44.5 Å². The van der Waals surface area contributed by atoms with Crippen molar-refractivity contribution in [3.8, 4) is 5.75 Å². The maximum atomic E-state index is 12.5.